The minimum absolute atomic E-state index is 0.125. The van der Waals surface area contributed by atoms with E-state index in [0.29, 0.717) is 23.7 Å². The van der Waals surface area contributed by atoms with Gasteiger partial charge in [-0.2, -0.15) is 0 Å². The molecular formula is C30H32N2O4. The summed E-state index contributed by atoms with van der Waals surface area (Å²) in [5.41, 5.74) is 6.96. The molecule has 2 aliphatic rings. The first-order valence-corrected chi connectivity index (χ1v) is 12.3. The smallest absolute Gasteiger partial charge is 0.203 e. The number of rotatable bonds is 6. The molecule has 5 rings (SSSR count). The monoisotopic (exact) mass is 484 g/mol. The highest BCUT2D eigenvalue weighted by Crippen LogP contribution is 2.47. The summed E-state index contributed by atoms with van der Waals surface area (Å²) >= 11 is 0. The van der Waals surface area contributed by atoms with E-state index in [2.05, 4.69) is 41.8 Å². The van der Waals surface area contributed by atoms with Gasteiger partial charge in [-0.15, -0.1) is 0 Å². The number of ketones is 1. The minimum Gasteiger partial charge on any atom is -0.493 e. The number of fused-ring (bicyclic) bond motifs is 1. The maximum atomic E-state index is 13.8. The fraction of sp³-hybridized carbons (Fsp3) is 0.300. The maximum absolute atomic E-state index is 13.8. The summed E-state index contributed by atoms with van der Waals surface area (Å²) in [6.45, 7) is 2.15. The predicted octanol–water partition coefficient (Wildman–Crippen LogP) is 6.25. The lowest BCUT2D eigenvalue weighted by Gasteiger charge is -2.30. The van der Waals surface area contributed by atoms with Gasteiger partial charge in [0.15, 0.2) is 17.3 Å². The predicted molar refractivity (Wildman–Crippen MR) is 142 cm³/mol. The van der Waals surface area contributed by atoms with E-state index in [9.17, 15) is 4.79 Å². The van der Waals surface area contributed by atoms with E-state index in [1.54, 1.807) is 21.3 Å². The molecule has 0 aromatic heterocycles. The quantitative estimate of drug-likeness (QED) is 0.431. The molecule has 36 heavy (non-hydrogen) atoms. The second-order valence-corrected chi connectivity index (χ2v) is 9.22. The van der Waals surface area contributed by atoms with E-state index >= 15 is 0 Å². The van der Waals surface area contributed by atoms with Crippen molar-refractivity contribution in [1.29, 1.82) is 0 Å². The Morgan fingerprint density at radius 2 is 1.50 bits per heavy atom. The van der Waals surface area contributed by atoms with Crippen molar-refractivity contribution < 1.29 is 19.0 Å². The van der Waals surface area contributed by atoms with Crippen LogP contribution in [0.1, 0.15) is 48.4 Å². The van der Waals surface area contributed by atoms with Gasteiger partial charge in [-0.05, 0) is 59.7 Å². The van der Waals surface area contributed by atoms with Crippen LogP contribution in [0.15, 0.2) is 71.9 Å². The summed E-state index contributed by atoms with van der Waals surface area (Å²) in [5.74, 6) is 1.89. The fourth-order valence-corrected chi connectivity index (χ4v) is 5.27. The number of hydrogen-bond donors (Lipinski definition) is 2. The van der Waals surface area contributed by atoms with Crippen LogP contribution in [0.4, 0.5) is 11.4 Å². The normalized spacial score (nSPS) is 18.8. The average molecular weight is 485 g/mol. The highest BCUT2D eigenvalue weighted by Gasteiger charge is 2.36. The minimum atomic E-state index is -0.374. The molecule has 0 spiro atoms. The third kappa shape index (κ3) is 4.28. The zero-order chi connectivity index (χ0) is 25.2. The highest BCUT2D eigenvalue weighted by atomic mass is 16.5. The van der Waals surface area contributed by atoms with E-state index in [4.69, 9.17) is 14.2 Å². The van der Waals surface area contributed by atoms with Crippen LogP contribution in [0.3, 0.4) is 0 Å². The lowest BCUT2D eigenvalue weighted by atomic mass is 9.78. The molecule has 0 amide bonds. The Kier molecular flexibility index (Phi) is 6.59. The van der Waals surface area contributed by atoms with Crippen molar-refractivity contribution in [1.82, 2.24) is 0 Å². The molecule has 0 radical (unpaired) electrons. The SMILES string of the molecule is CCc1ccc(C2CC(=O)C3=C(C2)Nc2ccccc2NC3c2cc(OC)c(OC)c(OC)c2)cc1. The fourth-order valence-electron chi connectivity index (χ4n) is 5.27. The van der Waals surface area contributed by atoms with E-state index < -0.39 is 0 Å². The van der Waals surface area contributed by atoms with Crippen LogP contribution in [0.2, 0.25) is 0 Å². The Labute approximate surface area is 212 Å². The molecule has 2 unspecified atom stereocenters. The van der Waals surface area contributed by atoms with Crippen molar-refractivity contribution in [3.63, 3.8) is 0 Å². The molecule has 3 aromatic carbocycles. The molecule has 0 saturated heterocycles. The Balaban J connectivity index is 1.62. The van der Waals surface area contributed by atoms with Gasteiger partial charge < -0.3 is 24.8 Å². The number of nitrogens with one attached hydrogen (secondary N) is 2. The summed E-state index contributed by atoms with van der Waals surface area (Å²) in [5, 5.41) is 7.22. The molecule has 2 N–H and O–H groups in total. The number of hydrogen-bond acceptors (Lipinski definition) is 6. The Hall–Kier alpha value is -3.93. The molecule has 1 heterocycles. The second kappa shape index (κ2) is 9.97. The van der Waals surface area contributed by atoms with Gasteiger partial charge in [0, 0.05) is 17.7 Å². The number of methoxy groups -OCH3 is 3. The standard InChI is InChI=1S/C30H32N2O4/c1-5-18-10-12-19(13-11-18)20-14-24-28(25(33)15-20)29(32-23-9-7-6-8-22(23)31-24)21-16-26(34-2)30(36-4)27(17-21)35-3/h6-13,16-17,20,29,31-32H,5,14-15H2,1-4H3. The van der Waals surface area contributed by atoms with E-state index in [1.165, 1.54) is 11.1 Å². The molecule has 2 atom stereocenters. The van der Waals surface area contributed by atoms with Crippen LogP contribution in [0.25, 0.3) is 0 Å². The molecular weight excluding hydrogens is 452 g/mol. The number of allylic oxidation sites excluding steroid dienone is 1. The third-order valence-corrected chi connectivity index (χ3v) is 7.19. The van der Waals surface area contributed by atoms with Crippen LogP contribution in [-0.2, 0) is 11.2 Å². The summed E-state index contributed by atoms with van der Waals surface area (Å²) in [6, 6.07) is 20.2. The second-order valence-electron chi connectivity index (χ2n) is 9.22. The van der Waals surface area contributed by atoms with Crippen molar-refractivity contribution in [2.45, 2.75) is 38.1 Å². The molecule has 0 fully saturated rings. The van der Waals surface area contributed by atoms with Gasteiger partial charge in [0.1, 0.15) is 0 Å². The van der Waals surface area contributed by atoms with E-state index in [-0.39, 0.29) is 17.7 Å². The summed E-state index contributed by atoms with van der Waals surface area (Å²) in [7, 11) is 4.79. The maximum Gasteiger partial charge on any atom is 0.203 e. The Morgan fingerprint density at radius 1 is 0.833 bits per heavy atom. The molecule has 186 valence electrons. The summed E-state index contributed by atoms with van der Waals surface area (Å²) in [4.78, 5) is 13.8. The van der Waals surface area contributed by atoms with Gasteiger partial charge in [-0.25, -0.2) is 0 Å². The largest absolute Gasteiger partial charge is 0.493 e. The molecule has 6 heteroatoms. The number of anilines is 2. The van der Waals surface area contributed by atoms with Crippen LogP contribution in [0.5, 0.6) is 17.2 Å². The van der Waals surface area contributed by atoms with Gasteiger partial charge in [-0.3, -0.25) is 4.79 Å². The topological polar surface area (TPSA) is 68.8 Å². The zero-order valence-corrected chi connectivity index (χ0v) is 21.2. The number of aryl methyl sites for hydroxylation is 1. The number of carbonyl (C=O) groups is 1. The first kappa shape index (κ1) is 23.8. The Morgan fingerprint density at radius 3 is 2.11 bits per heavy atom. The van der Waals surface area contributed by atoms with E-state index in [1.807, 2.05) is 36.4 Å². The number of ether oxygens (including phenoxy) is 3. The van der Waals surface area contributed by atoms with Crippen LogP contribution in [-0.4, -0.2) is 27.1 Å². The lowest BCUT2D eigenvalue weighted by molar-refractivity contribution is -0.116. The van der Waals surface area contributed by atoms with Crippen LogP contribution >= 0.6 is 0 Å². The molecule has 0 saturated carbocycles. The first-order chi connectivity index (χ1) is 17.6. The van der Waals surface area contributed by atoms with Gasteiger partial charge in [0.25, 0.3) is 0 Å². The number of carbonyl (C=O) groups excluding carboxylic acids is 1. The van der Waals surface area contributed by atoms with Crippen molar-refractivity contribution in [2.24, 2.45) is 0 Å². The number of benzene rings is 3. The third-order valence-electron chi connectivity index (χ3n) is 7.19. The lowest BCUT2D eigenvalue weighted by Crippen LogP contribution is -2.27. The van der Waals surface area contributed by atoms with Gasteiger partial charge >= 0.3 is 0 Å². The number of Topliss-reactive ketones (excluding diaryl/α,β-unsaturated/α-hetero) is 1. The summed E-state index contributed by atoms with van der Waals surface area (Å²) < 4.78 is 16.8. The van der Waals surface area contributed by atoms with Crippen molar-refractivity contribution >= 4 is 17.2 Å². The van der Waals surface area contributed by atoms with Crippen LogP contribution < -0.4 is 24.8 Å². The molecule has 1 aliphatic heterocycles. The van der Waals surface area contributed by atoms with Gasteiger partial charge in [0.2, 0.25) is 5.75 Å². The molecule has 6 nitrogen and oxygen atoms in total. The van der Waals surface area contributed by atoms with Gasteiger partial charge in [-0.1, -0.05) is 43.3 Å². The zero-order valence-electron chi connectivity index (χ0n) is 21.2. The molecule has 0 bridgehead atoms. The van der Waals surface area contributed by atoms with Crippen LogP contribution in [0, 0.1) is 0 Å². The molecule has 3 aromatic rings. The van der Waals surface area contributed by atoms with Gasteiger partial charge in [0.05, 0.1) is 38.7 Å². The number of para-hydroxylation sites is 2. The van der Waals surface area contributed by atoms with Crippen molar-refractivity contribution in [3.8, 4) is 17.2 Å². The first-order valence-electron chi connectivity index (χ1n) is 12.3. The van der Waals surface area contributed by atoms with Crippen molar-refractivity contribution in [3.05, 3.63) is 88.6 Å². The van der Waals surface area contributed by atoms with E-state index in [0.717, 1.165) is 41.1 Å². The molecule has 1 aliphatic carbocycles. The average Bonchev–Trinajstić information content (AvgIpc) is 3.09. The Bertz CT molecular complexity index is 1290. The highest BCUT2D eigenvalue weighted by molar-refractivity contribution is 6.01. The van der Waals surface area contributed by atoms with Crippen molar-refractivity contribution in [2.75, 3.05) is 32.0 Å². The summed E-state index contributed by atoms with van der Waals surface area (Å²) in [6.07, 6.45) is 2.22.